The van der Waals surface area contributed by atoms with Gasteiger partial charge in [-0.2, -0.15) is 4.98 Å². The molecule has 0 radical (unpaired) electrons. The first-order chi connectivity index (χ1) is 13.1. The summed E-state index contributed by atoms with van der Waals surface area (Å²) in [5.41, 5.74) is 0.559. The van der Waals surface area contributed by atoms with E-state index in [1.54, 1.807) is 13.1 Å². The Hall–Kier alpha value is -2.73. The van der Waals surface area contributed by atoms with Gasteiger partial charge in [0.15, 0.2) is 0 Å². The summed E-state index contributed by atoms with van der Waals surface area (Å²) in [6.45, 7) is 3.88. The van der Waals surface area contributed by atoms with Crippen LogP contribution >= 0.6 is 0 Å². The van der Waals surface area contributed by atoms with Crippen molar-refractivity contribution in [3.63, 3.8) is 0 Å². The van der Waals surface area contributed by atoms with Gasteiger partial charge in [0.2, 0.25) is 11.7 Å². The summed E-state index contributed by atoms with van der Waals surface area (Å²) in [5, 5.41) is 14.8. The van der Waals surface area contributed by atoms with Gasteiger partial charge in [0, 0.05) is 24.8 Å². The van der Waals surface area contributed by atoms with Crippen molar-refractivity contribution in [3.05, 3.63) is 60.1 Å². The van der Waals surface area contributed by atoms with Crippen LogP contribution in [0.3, 0.4) is 0 Å². The molecule has 0 bridgehead atoms. The lowest BCUT2D eigenvalue weighted by Gasteiger charge is -2.27. The van der Waals surface area contributed by atoms with Gasteiger partial charge in [-0.15, -0.1) is 0 Å². The van der Waals surface area contributed by atoms with E-state index in [0.717, 1.165) is 30.0 Å². The van der Waals surface area contributed by atoms with Gasteiger partial charge in [-0.25, -0.2) is 4.98 Å². The normalized spacial score (nSPS) is 16.9. The number of aromatic nitrogens is 3. The smallest absolute Gasteiger partial charge is 0.230 e. The summed E-state index contributed by atoms with van der Waals surface area (Å²) in [7, 11) is 0. The van der Waals surface area contributed by atoms with E-state index >= 15 is 0 Å². The van der Waals surface area contributed by atoms with Crippen LogP contribution in [-0.4, -0.2) is 33.3 Å². The zero-order valence-electron chi connectivity index (χ0n) is 15.5. The van der Waals surface area contributed by atoms with Crippen molar-refractivity contribution in [2.24, 2.45) is 0 Å². The number of hydrogen-bond acceptors (Lipinski definition) is 6. The molecule has 1 N–H and O–H groups in total. The first-order valence-electron chi connectivity index (χ1n) is 9.44. The molecular weight excluding hydrogens is 340 g/mol. The Bertz CT molecular complexity index is 869. The van der Waals surface area contributed by atoms with Gasteiger partial charge < -0.3 is 14.5 Å². The SMILES string of the molecule is C[C@](O)(Cc1nc(-c2ccc(N3CCCCC3)nc2)no1)c1ccccc1. The van der Waals surface area contributed by atoms with Gasteiger partial charge in [-0.3, -0.25) is 0 Å². The molecule has 1 saturated heterocycles. The number of hydrogen-bond donors (Lipinski definition) is 1. The fraction of sp³-hybridized carbons (Fsp3) is 0.381. The Morgan fingerprint density at radius 2 is 1.85 bits per heavy atom. The molecule has 2 aromatic heterocycles. The van der Waals surface area contributed by atoms with Crippen LogP contribution in [0.1, 0.15) is 37.6 Å². The minimum atomic E-state index is -1.07. The molecule has 0 unspecified atom stereocenters. The van der Waals surface area contributed by atoms with Crippen LogP contribution in [0.4, 0.5) is 5.82 Å². The number of piperidine rings is 1. The number of nitrogens with zero attached hydrogens (tertiary/aromatic N) is 4. The standard InChI is InChI=1S/C21H24N4O2/c1-21(26,17-8-4-2-5-9-17)14-19-23-20(24-27-19)16-10-11-18(22-15-16)25-12-6-3-7-13-25/h2,4-5,8-11,15,26H,3,6-7,12-14H2,1H3/t21-/m0/s1. The van der Waals surface area contributed by atoms with Crippen LogP contribution in [0.5, 0.6) is 0 Å². The molecule has 1 aliphatic rings. The van der Waals surface area contributed by atoms with Crippen LogP contribution in [-0.2, 0) is 12.0 Å². The van der Waals surface area contributed by atoms with E-state index in [1.165, 1.54) is 19.3 Å². The predicted octanol–water partition coefficient (Wildman–Crippen LogP) is 3.57. The molecule has 0 amide bonds. The average Bonchev–Trinajstić information content (AvgIpc) is 3.17. The lowest BCUT2D eigenvalue weighted by molar-refractivity contribution is 0.0490. The van der Waals surface area contributed by atoms with E-state index in [4.69, 9.17) is 4.52 Å². The summed E-state index contributed by atoms with van der Waals surface area (Å²) in [6, 6.07) is 13.5. The van der Waals surface area contributed by atoms with Crippen LogP contribution in [0.15, 0.2) is 53.2 Å². The molecule has 1 fully saturated rings. The van der Waals surface area contributed by atoms with Crippen molar-refractivity contribution in [2.75, 3.05) is 18.0 Å². The quantitative estimate of drug-likeness (QED) is 0.746. The Morgan fingerprint density at radius 1 is 1.07 bits per heavy atom. The Balaban J connectivity index is 1.47. The highest BCUT2D eigenvalue weighted by Gasteiger charge is 2.26. The molecule has 27 heavy (non-hydrogen) atoms. The third-order valence-corrected chi connectivity index (χ3v) is 5.05. The van der Waals surface area contributed by atoms with Crippen molar-refractivity contribution in [1.29, 1.82) is 0 Å². The molecule has 140 valence electrons. The van der Waals surface area contributed by atoms with Gasteiger partial charge in [0.1, 0.15) is 5.82 Å². The van der Waals surface area contributed by atoms with Gasteiger partial charge in [0.25, 0.3) is 0 Å². The van der Waals surface area contributed by atoms with E-state index < -0.39 is 5.60 Å². The highest BCUT2D eigenvalue weighted by Crippen LogP contribution is 2.26. The van der Waals surface area contributed by atoms with Crippen LogP contribution < -0.4 is 4.90 Å². The van der Waals surface area contributed by atoms with Crippen molar-refractivity contribution in [2.45, 2.75) is 38.2 Å². The molecule has 3 heterocycles. The van der Waals surface area contributed by atoms with Crippen molar-refractivity contribution in [1.82, 2.24) is 15.1 Å². The first-order valence-corrected chi connectivity index (χ1v) is 9.44. The second kappa shape index (κ2) is 7.48. The number of pyridine rings is 1. The molecule has 6 heteroatoms. The fourth-order valence-corrected chi connectivity index (χ4v) is 3.47. The molecule has 1 atom stereocenters. The zero-order chi connectivity index (χ0) is 18.7. The van der Waals surface area contributed by atoms with Gasteiger partial charge in [-0.1, -0.05) is 35.5 Å². The monoisotopic (exact) mass is 364 g/mol. The highest BCUT2D eigenvalue weighted by molar-refractivity contribution is 5.56. The van der Waals surface area contributed by atoms with E-state index in [9.17, 15) is 5.11 Å². The average molecular weight is 364 g/mol. The summed E-state index contributed by atoms with van der Waals surface area (Å²) >= 11 is 0. The Morgan fingerprint density at radius 3 is 2.56 bits per heavy atom. The third-order valence-electron chi connectivity index (χ3n) is 5.05. The molecule has 3 aromatic rings. The molecular formula is C21H24N4O2. The van der Waals surface area contributed by atoms with E-state index in [0.29, 0.717) is 11.7 Å². The molecule has 0 aliphatic carbocycles. The number of anilines is 1. The Labute approximate surface area is 158 Å². The van der Waals surface area contributed by atoms with Gasteiger partial charge in [-0.05, 0) is 43.9 Å². The second-order valence-electron chi connectivity index (χ2n) is 7.28. The third kappa shape index (κ3) is 4.01. The van der Waals surface area contributed by atoms with Crippen LogP contribution in [0, 0.1) is 0 Å². The first kappa shape index (κ1) is 17.7. The molecule has 1 aliphatic heterocycles. The van der Waals surface area contributed by atoms with E-state index in [-0.39, 0.29) is 6.42 Å². The molecule has 6 nitrogen and oxygen atoms in total. The topological polar surface area (TPSA) is 75.3 Å². The largest absolute Gasteiger partial charge is 0.385 e. The summed E-state index contributed by atoms with van der Waals surface area (Å²) in [4.78, 5) is 11.3. The van der Waals surface area contributed by atoms with Gasteiger partial charge >= 0.3 is 0 Å². The number of rotatable bonds is 5. The second-order valence-corrected chi connectivity index (χ2v) is 7.28. The maximum Gasteiger partial charge on any atom is 0.230 e. The van der Waals surface area contributed by atoms with Crippen molar-refractivity contribution >= 4 is 5.82 Å². The predicted molar refractivity (Wildman–Crippen MR) is 103 cm³/mol. The Kier molecular flexibility index (Phi) is 4.90. The molecule has 0 saturated carbocycles. The minimum Gasteiger partial charge on any atom is -0.385 e. The van der Waals surface area contributed by atoms with Crippen molar-refractivity contribution in [3.8, 4) is 11.4 Å². The van der Waals surface area contributed by atoms with Crippen LogP contribution in [0.2, 0.25) is 0 Å². The zero-order valence-corrected chi connectivity index (χ0v) is 15.5. The fourth-order valence-electron chi connectivity index (χ4n) is 3.47. The lowest BCUT2D eigenvalue weighted by Crippen LogP contribution is -2.29. The van der Waals surface area contributed by atoms with Gasteiger partial charge in [0.05, 0.1) is 12.0 Å². The lowest BCUT2D eigenvalue weighted by atomic mass is 9.93. The number of aliphatic hydroxyl groups is 1. The minimum absolute atomic E-state index is 0.253. The maximum atomic E-state index is 10.8. The molecule has 4 rings (SSSR count). The van der Waals surface area contributed by atoms with Crippen molar-refractivity contribution < 1.29 is 9.63 Å². The van der Waals surface area contributed by atoms with E-state index in [2.05, 4.69) is 20.0 Å². The molecule has 0 spiro atoms. The number of benzene rings is 1. The van der Waals surface area contributed by atoms with Crippen LogP contribution in [0.25, 0.3) is 11.4 Å². The van der Waals surface area contributed by atoms with E-state index in [1.807, 2.05) is 42.5 Å². The summed E-state index contributed by atoms with van der Waals surface area (Å²) in [5.74, 6) is 1.89. The summed E-state index contributed by atoms with van der Waals surface area (Å²) in [6.07, 6.45) is 5.78. The molecule has 1 aromatic carbocycles. The summed E-state index contributed by atoms with van der Waals surface area (Å²) < 4.78 is 5.36. The highest BCUT2D eigenvalue weighted by atomic mass is 16.5. The maximum absolute atomic E-state index is 10.8.